The molecule has 20 heavy (non-hydrogen) atoms. The van der Waals surface area contributed by atoms with E-state index in [1.54, 1.807) is 0 Å². The lowest BCUT2D eigenvalue weighted by Gasteiger charge is -2.20. The molecule has 1 aliphatic carbocycles. The van der Waals surface area contributed by atoms with Crippen molar-refractivity contribution in [2.75, 3.05) is 7.05 Å². The van der Waals surface area contributed by atoms with E-state index in [-0.39, 0.29) is 6.04 Å². The Kier molecular flexibility index (Phi) is 3.95. The number of rotatable bonds is 3. The van der Waals surface area contributed by atoms with Gasteiger partial charge in [-0.15, -0.1) is 0 Å². The fourth-order valence-corrected chi connectivity index (χ4v) is 3.63. The molecule has 0 heterocycles. The van der Waals surface area contributed by atoms with Gasteiger partial charge >= 0.3 is 0 Å². The number of hydrogen-bond donors (Lipinski definition) is 1. The second kappa shape index (κ2) is 5.71. The number of benzene rings is 2. The first-order chi connectivity index (χ1) is 9.69. The van der Waals surface area contributed by atoms with Crippen LogP contribution < -0.4 is 5.32 Å². The van der Waals surface area contributed by atoms with Crippen LogP contribution in [0.2, 0.25) is 0 Å². The first-order valence-electron chi connectivity index (χ1n) is 7.24. The Hall–Kier alpha value is -1.12. The van der Waals surface area contributed by atoms with Gasteiger partial charge in [0.05, 0.1) is 6.04 Å². The lowest BCUT2D eigenvalue weighted by molar-refractivity contribution is 0.687. The zero-order chi connectivity index (χ0) is 14.1. The van der Waals surface area contributed by atoms with Crippen molar-refractivity contribution in [1.29, 1.82) is 0 Å². The summed E-state index contributed by atoms with van der Waals surface area (Å²) in [5.74, 6) is 0. The largest absolute Gasteiger partial charge is 0.309 e. The number of nitrogens with one attached hydrogen (secondary N) is 1. The van der Waals surface area contributed by atoms with E-state index in [9.17, 15) is 0 Å². The van der Waals surface area contributed by atoms with Crippen molar-refractivity contribution in [1.82, 2.24) is 5.32 Å². The molecule has 1 unspecified atom stereocenters. The normalized spacial score (nSPS) is 15.2. The summed E-state index contributed by atoms with van der Waals surface area (Å²) >= 11 is 3.69. The van der Waals surface area contributed by atoms with Gasteiger partial charge in [-0.2, -0.15) is 0 Å². The topological polar surface area (TPSA) is 12.0 Å². The molecule has 0 fully saturated rings. The van der Waals surface area contributed by atoms with Gasteiger partial charge in [-0.05, 0) is 61.6 Å². The van der Waals surface area contributed by atoms with E-state index in [1.807, 2.05) is 7.05 Å². The lowest BCUT2D eigenvalue weighted by atomic mass is 9.95. The molecule has 1 atom stereocenters. The Balaban J connectivity index is 2.03. The molecule has 1 nitrogen and oxygen atoms in total. The summed E-state index contributed by atoms with van der Waals surface area (Å²) in [6.07, 6.45) is 3.78. The van der Waals surface area contributed by atoms with Gasteiger partial charge in [-0.3, -0.25) is 0 Å². The summed E-state index contributed by atoms with van der Waals surface area (Å²) in [7, 11) is 2.03. The number of fused-ring (bicyclic) bond motifs is 1. The molecule has 2 aromatic carbocycles. The zero-order valence-corrected chi connectivity index (χ0v) is 13.6. The van der Waals surface area contributed by atoms with Crippen molar-refractivity contribution in [3.8, 4) is 0 Å². The van der Waals surface area contributed by atoms with Crippen molar-refractivity contribution in [2.45, 2.75) is 32.2 Å². The average molecular weight is 330 g/mol. The van der Waals surface area contributed by atoms with Crippen molar-refractivity contribution in [2.24, 2.45) is 0 Å². The van der Waals surface area contributed by atoms with Crippen LogP contribution in [0.1, 0.15) is 40.3 Å². The highest BCUT2D eigenvalue weighted by Crippen LogP contribution is 2.32. The van der Waals surface area contributed by atoms with Crippen LogP contribution in [0.25, 0.3) is 0 Å². The molecule has 0 saturated heterocycles. The molecule has 0 radical (unpaired) electrons. The van der Waals surface area contributed by atoms with E-state index in [0.717, 1.165) is 0 Å². The zero-order valence-electron chi connectivity index (χ0n) is 12.0. The lowest BCUT2D eigenvalue weighted by Crippen LogP contribution is -2.18. The van der Waals surface area contributed by atoms with Crippen molar-refractivity contribution < 1.29 is 0 Å². The molecule has 0 bridgehead atoms. The second-order valence-corrected chi connectivity index (χ2v) is 6.48. The Bertz CT molecular complexity index is 633. The SMILES string of the molecule is CNC(c1ccc2c(c1)CCC2)c1cc(C)ccc1Br. The van der Waals surface area contributed by atoms with Crippen LogP contribution in [0.4, 0.5) is 0 Å². The fourth-order valence-electron chi connectivity index (χ4n) is 3.16. The van der Waals surface area contributed by atoms with Crippen molar-refractivity contribution >= 4 is 15.9 Å². The molecule has 0 aromatic heterocycles. The Morgan fingerprint density at radius 1 is 1.05 bits per heavy atom. The molecule has 0 aliphatic heterocycles. The summed E-state index contributed by atoms with van der Waals surface area (Å²) in [6, 6.07) is 13.8. The second-order valence-electron chi connectivity index (χ2n) is 5.63. The molecular weight excluding hydrogens is 310 g/mol. The van der Waals surface area contributed by atoms with Crippen LogP contribution in [0, 0.1) is 6.92 Å². The summed E-state index contributed by atoms with van der Waals surface area (Å²) < 4.78 is 1.17. The van der Waals surface area contributed by atoms with Crippen LogP contribution >= 0.6 is 15.9 Å². The van der Waals surface area contributed by atoms with Crippen molar-refractivity contribution in [3.05, 3.63) is 68.7 Å². The molecular formula is C18H20BrN. The maximum Gasteiger partial charge on any atom is 0.0585 e. The van der Waals surface area contributed by atoms with Crippen LogP contribution in [-0.2, 0) is 12.8 Å². The predicted molar refractivity (Wildman–Crippen MR) is 88.2 cm³/mol. The van der Waals surface area contributed by atoms with E-state index < -0.39 is 0 Å². The fraction of sp³-hybridized carbons (Fsp3) is 0.333. The van der Waals surface area contributed by atoms with Crippen LogP contribution in [0.3, 0.4) is 0 Å². The molecule has 2 aromatic rings. The van der Waals surface area contributed by atoms with Gasteiger partial charge in [0.1, 0.15) is 0 Å². The minimum Gasteiger partial charge on any atom is -0.309 e. The van der Waals surface area contributed by atoms with E-state index in [1.165, 1.54) is 51.6 Å². The molecule has 0 saturated carbocycles. The molecule has 0 amide bonds. The highest BCUT2D eigenvalue weighted by Gasteiger charge is 2.18. The number of aryl methyl sites for hydroxylation is 3. The molecule has 2 heteroatoms. The first-order valence-corrected chi connectivity index (χ1v) is 8.03. The summed E-state index contributed by atoms with van der Waals surface area (Å²) in [5.41, 5.74) is 7.04. The molecule has 3 rings (SSSR count). The number of halogens is 1. The van der Waals surface area contributed by atoms with E-state index >= 15 is 0 Å². The maximum absolute atomic E-state index is 3.69. The van der Waals surface area contributed by atoms with Crippen LogP contribution in [0.5, 0.6) is 0 Å². The monoisotopic (exact) mass is 329 g/mol. The smallest absolute Gasteiger partial charge is 0.0585 e. The third kappa shape index (κ3) is 2.55. The Morgan fingerprint density at radius 2 is 1.85 bits per heavy atom. The van der Waals surface area contributed by atoms with Gasteiger partial charge in [0.25, 0.3) is 0 Å². The van der Waals surface area contributed by atoms with Crippen LogP contribution in [0.15, 0.2) is 40.9 Å². The quantitative estimate of drug-likeness (QED) is 0.870. The Morgan fingerprint density at radius 3 is 2.65 bits per heavy atom. The minimum absolute atomic E-state index is 0.246. The number of hydrogen-bond acceptors (Lipinski definition) is 1. The molecule has 0 spiro atoms. The third-order valence-corrected chi connectivity index (χ3v) is 4.93. The van der Waals surface area contributed by atoms with Gasteiger partial charge in [0, 0.05) is 4.47 Å². The van der Waals surface area contributed by atoms with Crippen LogP contribution in [-0.4, -0.2) is 7.05 Å². The minimum atomic E-state index is 0.246. The van der Waals surface area contributed by atoms with E-state index in [0.29, 0.717) is 0 Å². The van der Waals surface area contributed by atoms with E-state index in [2.05, 4.69) is 64.6 Å². The summed E-state index contributed by atoms with van der Waals surface area (Å²) in [5, 5.41) is 3.46. The van der Waals surface area contributed by atoms with Crippen molar-refractivity contribution in [3.63, 3.8) is 0 Å². The van der Waals surface area contributed by atoms with Gasteiger partial charge in [-0.1, -0.05) is 51.8 Å². The maximum atomic E-state index is 3.69. The highest BCUT2D eigenvalue weighted by atomic mass is 79.9. The van der Waals surface area contributed by atoms with E-state index in [4.69, 9.17) is 0 Å². The average Bonchev–Trinajstić information content (AvgIpc) is 2.91. The van der Waals surface area contributed by atoms with Gasteiger partial charge in [0.2, 0.25) is 0 Å². The predicted octanol–water partition coefficient (Wildman–Crippen LogP) is 4.56. The van der Waals surface area contributed by atoms with Gasteiger partial charge in [0.15, 0.2) is 0 Å². The Labute approximate surface area is 129 Å². The molecule has 104 valence electrons. The molecule has 1 aliphatic rings. The molecule has 1 N–H and O–H groups in total. The summed E-state index contributed by atoms with van der Waals surface area (Å²) in [4.78, 5) is 0. The summed E-state index contributed by atoms with van der Waals surface area (Å²) in [6.45, 7) is 2.14. The third-order valence-electron chi connectivity index (χ3n) is 4.21. The highest BCUT2D eigenvalue weighted by molar-refractivity contribution is 9.10. The van der Waals surface area contributed by atoms with Gasteiger partial charge in [-0.25, -0.2) is 0 Å². The standard InChI is InChI=1S/C18H20BrN/c1-12-6-9-17(19)16(10-12)18(20-2)15-8-7-13-4-3-5-14(13)11-15/h6-11,18,20H,3-5H2,1-2H3. The van der Waals surface area contributed by atoms with Gasteiger partial charge < -0.3 is 5.32 Å². The first kappa shape index (κ1) is 13.8.